The number of aromatic nitrogens is 8. The van der Waals surface area contributed by atoms with Crippen LogP contribution in [-0.4, -0.2) is 125 Å². The van der Waals surface area contributed by atoms with Crippen LogP contribution in [0.4, 0.5) is 10.2 Å². The number of rotatable bonds is 19. The van der Waals surface area contributed by atoms with Gasteiger partial charge in [0, 0.05) is 60.1 Å². The molecule has 412 valence electrons. The Balaban J connectivity index is 0.869. The van der Waals surface area contributed by atoms with E-state index >= 15 is 4.39 Å². The van der Waals surface area contributed by atoms with Gasteiger partial charge in [0.25, 0.3) is 0 Å². The summed E-state index contributed by atoms with van der Waals surface area (Å²) in [6.07, 6.45) is 5.50. The Morgan fingerprint density at radius 2 is 1.75 bits per heavy atom. The van der Waals surface area contributed by atoms with Gasteiger partial charge in [0.2, 0.25) is 11.8 Å². The predicted octanol–water partition coefficient (Wildman–Crippen LogP) is 8.61. The molecular weight excluding hydrogens is 1020 g/mol. The molecule has 18 nitrogen and oxygen atoms in total. The number of β-amino-alcohol motifs (C(OH)–C–C–N with tert-alkyl or cyclic N) is 1. The van der Waals surface area contributed by atoms with Crippen molar-refractivity contribution >= 4 is 50.8 Å². The van der Waals surface area contributed by atoms with Crippen LogP contribution in [0.3, 0.4) is 0 Å². The SMILES string of the molecule is Cc1ncsc1-c1ccc([C@H](CO)NC(=O)[C@@H]2C[C@@H](O)CN2C(=O)[C@H](C(C)C)n2cc(-c3ccc(COc4c(-c5c(C)c(F)cc6[nH]ncc56)c(C5CC5)cc5c(N(C)[C@H]6CCNC6)nc(OCC(C)C)nc45)cc3)nn2)cc1. The third-order valence-electron chi connectivity index (χ3n) is 15.6. The number of nitrogens with one attached hydrogen (secondary N) is 3. The molecule has 20 heteroatoms. The van der Waals surface area contributed by atoms with Gasteiger partial charge in [0.15, 0.2) is 5.75 Å². The van der Waals surface area contributed by atoms with Gasteiger partial charge in [-0.2, -0.15) is 15.1 Å². The number of hydrogen-bond donors (Lipinski definition) is 5. The van der Waals surface area contributed by atoms with Gasteiger partial charge in [-0.15, -0.1) is 16.4 Å². The van der Waals surface area contributed by atoms with E-state index in [4.69, 9.17) is 19.4 Å². The normalized spacial score (nSPS) is 18.3. The maximum Gasteiger partial charge on any atom is 0.319 e. The van der Waals surface area contributed by atoms with Gasteiger partial charge in [0.05, 0.1) is 59.4 Å². The third-order valence-corrected chi connectivity index (χ3v) is 16.6. The summed E-state index contributed by atoms with van der Waals surface area (Å²) in [7, 11) is 2.07. The monoisotopic (exact) mass is 1090 g/mol. The van der Waals surface area contributed by atoms with Crippen LogP contribution < -0.4 is 25.0 Å². The number of fused-ring (bicyclic) bond motifs is 2. The van der Waals surface area contributed by atoms with Crippen LogP contribution in [0.5, 0.6) is 11.8 Å². The minimum absolute atomic E-state index is 0.0357. The van der Waals surface area contributed by atoms with Gasteiger partial charge >= 0.3 is 6.01 Å². The lowest BCUT2D eigenvalue weighted by Gasteiger charge is -2.30. The second-order valence-corrected chi connectivity index (χ2v) is 23.0. The van der Waals surface area contributed by atoms with Crippen LogP contribution in [0.1, 0.15) is 99.3 Å². The minimum atomic E-state index is -0.977. The number of likely N-dealkylation sites (tertiary alicyclic amines) is 1. The Morgan fingerprint density at radius 1 is 0.975 bits per heavy atom. The molecule has 0 bridgehead atoms. The van der Waals surface area contributed by atoms with Crippen LogP contribution in [-0.2, 0) is 16.2 Å². The number of halogens is 1. The molecule has 4 aromatic carbocycles. The van der Waals surface area contributed by atoms with Crippen LogP contribution in [0.15, 0.2) is 78.6 Å². The van der Waals surface area contributed by atoms with E-state index in [1.165, 1.54) is 15.6 Å². The third kappa shape index (κ3) is 10.8. The van der Waals surface area contributed by atoms with Crippen LogP contribution in [0, 0.1) is 31.5 Å². The number of aryl methyl sites for hydroxylation is 1. The molecule has 3 fully saturated rings. The fraction of sp³-hybridized carbons (Fsp3) is 0.424. The van der Waals surface area contributed by atoms with Gasteiger partial charge in [-0.3, -0.25) is 14.7 Å². The summed E-state index contributed by atoms with van der Waals surface area (Å²) in [6, 6.07) is 16.9. The van der Waals surface area contributed by atoms with Crippen molar-refractivity contribution in [1.82, 2.24) is 55.7 Å². The summed E-state index contributed by atoms with van der Waals surface area (Å²) in [5.74, 6) is 0.216. The first-order valence-corrected chi connectivity index (χ1v) is 28.1. The Hall–Kier alpha value is -7.39. The number of carbonyl (C=O) groups excluding carboxylic acids is 2. The number of nitrogens with zero attached hydrogens (tertiary/aromatic N) is 9. The van der Waals surface area contributed by atoms with E-state index in [1.807, 2.05) is 69.3 Å². The quantitative estimate of drug-likeness (QED) is 0.0512. The number of aliphatic hydroxyl groups excluding tert-OH is 2. The summed E-state index contributed by atoms with van der Waals surface area (Å²) in [5.41, 5.74) is 10.7. The summed E-state index contributed by atoms with van der Waals surface area (Å²) in [5, 5.41) is 45.7. The maximum absolute atomic E-state index is 16.1. The highest BCUT2D eigenvalue weighted by molar-refractivity contribution is 7.13. The predicted molar refractivity (Wildman–Crippen MR) is 301 cm³/mol. The van der Waals surface area contributed by atoms with Gasteiger partial charge < -0.3 is 40.1 Å². The fourth-order valence-corrected chi connectivity index (χ4v) is 11.9. The first-order valence-electron chi connectivity index (χ1n) is 27.3. The molecule has 3 aliphatic rings. The topological polar surface area (TPSA) is 222 Å². The number of amides is 2. The Kier molecular flexibility index (Phi) is 15.2. The number of likely N-dealkylation sites (N-methyl/N-ethyl adjacent to an activating group) is 1. The fourth-order valence-electron chi connectivity index (χ4n) is 11.1. The molecule has 11 rings (SSSR count). The molecule has 1 aliphatic carbocycles. The number of benzene rings is 4. The van der Waals surface area contributed by atoms with Crippen molar-refractivity contribution in [2.45, 2.75) is 110 Å². The van der Waals surface area contributed by atoms with Gasteiger partial charge in [-0.1, -0.05) is 81.4 Å². The lowest BCUT2D eigenvalue weighted by atomic mass is 9.88. The van der Waals surface area contributed by atoms with Crippen molar-refractivity contribution in [2.24, 2.45) is 11.8 Å². The van der Waals surface area contributed by atoms with Crippen molar-refractivity contribution in [1.29, 1.82) is 0 Å². The van der Waals surface area contributed by atoms with Crippen LogP contribution in [0.25, 0.3) is 54.6 Å². The minimum Gasteiger partial charge on any atom is -0.486 e. The molecule has 0 spiro atoms. The molecule has 1 saturated carbocycles. The zero-order valence-electron chi connectivity index (χ0n) is 45.5. The number of H-pyrrole nitrogens is 1. The van der Waals surface area contributed by atoms with E-state index in [1.54, 1.807) is 36.2 Å². The second kappa shape index (κ2) is 22.4. The molecule has 2 saturated heterocycles. The van der Waals surface area contributed by atoms with Crippen LogP contribution in [0.2, 0.25) is 0 Å². The smallest absolute Gasteiger partial charge is 0.319 e. The van der Waals surface area contributed by atoms with Crippen molar-refractivity contribution in [3.05, 3.63) is 112 Å². The number of aromatic amines is 1. The summed E-state index contributed by atoms with van der Waals surface area (Å²) in [4.78, 5) is 47.8. The van der Waals surface area contributed by atoms with E-state index in [-0.39, 0.29) is 67.7 Å². The van der Waals surface area contributed by atoms with Crippen molar-refractivity contribution in [3.8, 4) is 44.6 Å². The van der Waals surface area contributed by atoms with Gasteiger partial charge in [-0.25, -0.2) is 14.1 Å². The average molecular weight is 1090 g/mol. The summed E-state index contributed by atoms with van der Waals surface area (Å²) < 4.78 is 31.0. The molecule has 4 aromatic heterocycles. The highest BCUT2D eigenvalue weighted by atomic mass is 32.1. The standard InChI is InChI=1S/C59H67FN12O6S/c1-31(2)28-78-59-65-52-43(56(66-59)70(7)40-18-19-61-23-40)21-42(36-12-13-36)51(50-33(5)45(60)22-46-44(50)24-63-67-46)54(52)77-29-35-8-10-37(11-9-35)47-26-72(69-68-47)53(32(3)4)58(76)71-25-41(74)20-49(71)57(75)64-48(27-73)38-14-16-39(17-15-38)55-34(6)62-30-79-55/h8-11,14-17,21-22,24,26,30-32,36,40-41,48-49,53,61,73-74H,12-13,18-20,23,25,27-29H2,1-7H3,(H,63,67)(H,64,75)/t40-,41+,48-,49-,53-/m0/s1. The zero-order chi connectivity index (χ0) is 55.2. The highest BCUT2D eigenvalue weighted by Crippen LogP contribution is 2.53. The first kappa shape index (κ1) is 53.6. The molecule has 5 N–H and O–H groups in total. The number of aliphatic hydroxyl groups is 2. The molecule has 5 atom stereocenters. The van der Waals surface area contributed by atoms with E-state index in [0.29, 0.717) is 45.8 Å². The lowest BCUT2D eigenvalue weighted by molar-refractivity contribution is -0.142. The van der Waals surface area contributed by atoms with Crippen LogP contribution >= 0.6 is 11.3 Å². The Bertz CT molecular complexity index is 3520. The molecule has 2 aliphatic heterocycles. The summed E-state index contributed by atoms with van der Waals surface area (Å²) in [6.45, 7) is 13.6. The molecule has 8 aromatic rings. The maximum atomic E-state index is 16.1. The van der Waals surface area contributed by atoms with Gasteiger partial charge in [-0.05, 0) is 97.4 Å². The van der Waals surface area contributed by atoms with Crippen molar-refractivity contribution in [2.75, 3.05) is 44.8 Å². The molecule has 0 unspecified atom stereocenters. The molecule has 2 amide bonds. The van der Waals surface area contributed by atoms with E-state index in [9.17, 15) is 19.8 Å². The average Bonchev–Trinajstić information content (AvgIpc) is 4.23. The Labute approximate surface area is 461 Å². The molecular formula is C59H67FN12O6S. The van der Waals surface area contributed by atoms with Crippen molar-refractivity contribution in [3.63, 3.8) is 0 Å². The Morgan fingerprint density at radius 3 is 2.43 bits per heavy atom. The molecule has 79 heavy (non-hydrogen) atoms. The van der Waals surface area contributed by atoms with Crippen molar-refractivity contribution < 1.29 is 33.7 Å². The number of carbonyl (C=O) groups is 2. The number of thiazole rings is 1. The molecule has 0 radical (unpaired) electrons. The van der Waals surface area contributed by atoms with E-state index in [2.05, 4.69) is 68.0 Å². The number of hydrogen-bond acceptors (Lipinski definition) is 15. The van der Waals surface area contributed by atoms with E-state index in [0.717, 1.165) is 87.3 Å². The summed E-state index contributed by atoms with van der Waals surface area (Å²) >= 11 is 1.54. The number of ether oxygens (including phenoxy) is 2. The second-order valence-electron chi connectivity index (χ2n) is 22.1. The first-order chi connectivity index (χ1) is 38.1. The van der Waals surface area contributed by atoms with Gasteiger partial charge in [0.1, 0.15) is 41.5 Å². The number of anilines is 1. The largest absolute Gasteiger partial charge is 0.486 e. The van der Waals surface area contributed by atoms with E-state index < -0.39 is 30.1 Å². The lowest BCUT2D eigenvalue weighted by Crippen LogP contribution is -2.50. The highest BCUT2D eigenvalue weighted by Gasteiger charge is 2.43. The molecule has 6 heterocycles. The zero-order valence-corrected chi connectivity index (χ0v) is 46.4.